The number of aromatic nitrogens is 1. The smallest absolute Gasteiger partial charge is 0.244 e. The molecular weight excluding hydrogens is 324 g/mol. The van der Waals surface area contributed by atoms with E-state index in [9.17, 15) is 8.42 Å². The summed E-state index contributed by atoms with van der Waals surface area (Å²) in [6.45, 7) is 9.97. The third-order valence-electron chi connectivity index (χ3n) is 4.80. The van der Waals surface area contributed by atoms with Crippen molar-refractivity contribution in [1.29, 1.82) is 0 Å². The summed E-state index contributed by atoms with van der Waals surface area (Å²) in [5.41, 5.74) is 4.37. The van der Waals surface area contributed by atoms with Gasteiger partial charge in [0.1, 0.15) is 5.76 Å². The lowest BCUT2D eigenvalue weighted by Crippen LogP contribution is -2.32. The zero-order valence-corrected chi connectivity index (χ0v) is 15.7. The van der Waals surface area contributed by atoms with Crippen LogP contribution in [0.15, 0.2) is 21.6 Å². The van der Waals surface area contributed by atoms with Crippen LogP contribution in [0, 0.1) is 34.6 Å². The van der Waals surface area contributed by atoms with E-state index in [1.165, 1.54) is 0 Å². The SMILES string of the molecule is Cc1cc(C)c(S(=O)(=O)N2CCC[C@H]2c2c(C)noc2C)c(C)c1. The number of hydrogen-bond acceptors (Lipinski definition) is 4. The number of nitrogens with zero attached hydrogens (tertiary/aromatic N) is 2. The molecule has 2 aromatic rings. The van der Waals surface area contributed by atoms with Crippen LogP contribution in [-0.2, 0) is 10.0 Å². The monoisotopic (exact) mass is 348 g/mol. The van der Waals surface area contributed by atoms with Gasteiger partial charge in [0.2, 0.25) is 10.0 Å². The second-order valence-electron chi connectivity index (χ2n) is 6.74. The standard InChI is InChI=1S/C18H24N2O3S/c1-11-9-12(2)18(13(3)10-11)24(21,22)20-8-6-7-16(20)17-14(4)19-23-15(17)5/h9-10,16H,6-8H2,1-5H3/t16-/m0/s1. The Morgan fingerprint density at radius 2 is 1.75 bits per heavy atom. The predicted octanol–water partition coefficient (Wildman–Crippen LogP) is 3.74. The lowest BCUT2D eigenvalue weighted by atomic mass is 10.0. The summed E-state index contributed by atoms with van der Waals surface area (Å²) in [5, 5.41) is 4.00. The van der Waals surface area contributed by atoms with Crippen LogP contribution in [0.5, 0.6) is 0 Å². The van der Waals surface area contributed by atoms with E-state index in [2.05, 4.69) is 5.16 Å². The van der Waals surface area contributed by atoms with Gasteiger partial charge in [-0.05, 0) is 58.6 Å². The van der Waals surface area contributed by atoms with Gasteiger partial charge in [0.05, 0.1) is 16.6 Å². The molecule has 0 bridgehead atoms. The zero-order valence-electron chi connectivity index (χ0n) is 14.9. The molecule has 130 valence electrons. The van der Waals surface area contributed by atoms with Crippen LogP contribution in [0.2, 0.25) is 0 Å². The first kappa shape index (κ1) is 17.2. The molecule has 3 rings (SSSR count). The van der Waals surface area contributed by atoms with Crippen molar-refractivity contribution in [2.75, 3.05) is 6.54 Å². The van der Waals surface area contributed by atoms with E-state index in [4.69, 9.17) is 4.52 Å². The van der Waals surface area contributed by atoms with Crippen LogP contribution in [0.25, 0.3) is 0 Å². The Kier molecular flexibility index (Phi) is 4.30. The van der Waals surface area contributed by atoms with E-state index in [1.807, 2.05) is 46.8 Å². The van der Waals surface area contributed by atoms with Gasteiger partial charge >= 0.3 is 0 Å². The summed E-state index contributed by atoms with van der Waals surface area (Å²) in [6, 6.07) is 3.67. The Hall–Kier alpha value is -1.66. The van der Waals surface area contributed by atoms with E-state index in [0.29, 0.717) is 17.2 Å². The molecule has 6 heteroatoms. The van der Waals surface area contributed by atoms with Crippen molar-refractivity contribution < 1.29 is 12.9 Å². The first-order valence-electron chi connectivity index (χ1n) is 8.26. The Balaban J connectivity index is 2.10. The van der Waals surface area contributed by atoms with Crippen molar-refractivity contribution in [1.82, 2.24) is 9.46 Å². The third-order valence-corrected chi connectivity index (χ3v) is 7.01. The second kappa shape index (κ2) is 6.01. The molecule has 1 aliphatic heterocycles. The van der Waals surface area contributed by atoms with Gasteiger partial charge < -0.3 is 4.52 Å². The molecule has 0 unspecified atom stereocenters. The first-order chi connectivity index (χ1) is 11.2. The highest BCUT2D eigenvalue weighted by Crippen LogP contribution is 2.40. The topological polar surface area (TPSA) is 63.4 Å². The van der Waals surface area contributed by atoms with Crippen LogP contribution in [-0.4, -0.2) is 24.4 Å². The van der Waals surface area contributed by atoms with E-state index < -0.39 is 10.0 Å². The lowest BCUT2D eigenvalue weighted by molar-refractivity contribution is 0.376. The molecular formula is C18H24N2O3S. The fourth-order valence-electron chi connectivity index (χ4n) is 3.97. The van der Waals surface area contributed by atoms with Crippen LogP contribution < -0.4 is 0 Å². The maximum absolute atomic E-state index is 13.4. The average Bonchev–Trinajstić information content (AvgIpc) is 3.04. The van der Waals surface area contributed by atoms with Crippen LogP contribution in [0.4, 0.5) is 0 Å². The lowest BCUT2D eigenvalue weighted by Gasteiger charge is -2.26. The van der Waals surface area contributed by atoms with Crippen molar-refractivity contribution in [3.8, 4) is 0 Å². The highest BCUT2D eigenvalue weighted by Gasteiger charge is 2.39. The second-order valence-corrected chi connectivity index (χ2v) is 8.57. The minimum Gasteiger partial charge on any atom is -0.361 e. The fraction of sp³-hybridized carbons (Fsp3) is 0.500. The Morgan fingerprint density at radius 3 is 2.29 bits per heavy atom. The van der Waals surface area contributed by atoms with E-state index in [0.717, 1.165) is 40.8 Å². The molecule has 0 N–H and O–H groups in total. The van der Waals surface area contributed by atoms with Gasteiger partial charge in [0.25, 0.3) is 0 Å². The maximum Gasteiger partial charge on any atom is 0.244 e. The first-order valence-corrected chi connectivity index (χ1v) is 9.70. The van der Waals surface area contributed by atoms with Crippen molar-refractivity contribution in [3.05, 3.63) is 45.8 Å². The largest absolute Gasteiger partial charge is 0.361 e. The quantitative estimate of drug-likeness (QED) is 0.847. The highest BCUT2D eigenvalue weighted by molar-refractivity contribution is 7.89. The highest BCUT2D eigenvalue weighted by atomic mass is 32.2. The molecule has 1 aliphatic rings. The van der Waals surface area contributed by atoms with Gasteiger partial charge in [0, 0.05) is 12.1 Å². The minimum atomic E-state index is -3.56. The Bertz CT molecular complexity index is 841. The Labute approximate surface area is 143 Å². The predicted molar refractivity (Wildman–Crippen MR) is 92.5 cm³/mol. The summed E-state index contributed by atoms with van der Waals surface area (Å²) in [7, 11) is -3.56. The fourth-order valence-corrected chi connectivity index (χ4v) is 6.05. The van der Waals surface area contributed by atoms with Gasteiger partial charge in [-0.2, -0.15) is 4.31 Å². The summed E-state index contributed by atoms with van der Waals surface area (Å²) in [6.07, 6.45) is 1.64. The number of hydrogen-bond donors (Lipinski definition) is 0. The molecule has 0 radical (unpaired) electrons. The summed E-state index contributed by atoms with van der Waals surface area (Å²) in [4.78, 5) is 0.437. The molecule has 2 heterocycles. The van der Waals surface area contributed by atoms with Crippen LogP contribution in [0.1, 0.15) is 52.6 Å². The Morgan fingerprint density at radius 1 is 1.12 bits per heavy atom. The van der Waals surface area contributed by atoms with Gasteiger partial charge in [-0.15, -0.1) is 0 Å². The zero-order chi connectivity index (χ0) is 17.6. The molecule has 0 aliphatic carbocycles. The van der Waals surface area contributed by atoms with Crippen molar-refractivity contribution in [2.45, 2.75) is 58.4 Å². The molecule has 0 amide bonds. The molecule has 1 aromatic heterocycles. The van der Waals surface area contributed by atoms with Crippen molar-refractivity contribution in [3.63, 3.8) is 0 Å². The number of benzene rings is 1. The van der Waals surface area contributed by atoms with E-state index in [1.54, 1.807) is 4.31 Å². The van der Waals surface area contributed by atoms with Gasteiger partial charge in [-0.25, -0.2) is 8.42 Å². The van der Waals surface area contributed by atoms with E-state index in [-0.39, 0.29) is 6.04 Å². The minimum absolute atomic E-state index is 0.193. The maximum atomic E-state index is 13.4. The number of rotatable bonds is 3. The van der Waals surface area contributed by atoms with Crippen LogP contribution in [0.3, 0.4) is 0 Å². The molecule has 5 nitrogen and oxygen atoms in total. The van der Waals surface area contributed by atoms with Crippen molar-refractivity contribution >= 4 is 10.0 Å². The molecule has 0 spiro atoms. The summed E-state index contributed by atoms with van der Waals surface area (Å²) < 4.78 is 33.7. The molecule has 1 aromatic carbocycles. The van der Waals surface area contributed by atoms with Crippen molar-refractivity contribution in [2.24, 2.45) is 0 Å². The molecule has 1 saturated heterocycles. The van der Waals surface area contributed by atoms with Gasteiger partial charge in [-0.3, -0.25) is 0 Å². The summed E-state index contributed by atoms with van der Waals surface area (Å²) in [5.74, 6) is 0.706. The molecule has 1 atom stereocenters. The average molecular weight is 348 g/mol. The normalized spacial score (nSPS) is 19.1. The van der Waals surface area contributed by atoms with E-state index >= 15 is 0 Å². The van der Waals surface area contributed by atoms with Gasteiger partial charge in [-0.1, -0.05) is 22.9 Å². The molecule has 24 heavy (non-hydrogen) atoms. The molecule has 1 fully saturated rings. The van der Waals surface area contributed by atoms with Gasteiger partial charge in [0.15, 0.2) is 0 Å². The van der Waals surface area contributed by atoms with Crippen LogP contribution >= 0.6 is 0 Å². The third kappa shape index (κ3) is 2.67. The number of sulfonamides is 1. The molecule has 0 saturated carbocycles. The summed E-state index contributed by atoms with van der Waals surface area (Å²) >= 11 is 0. The number of aryl methyl sites for hydroxylation is 5.